The molecule has 1 N–H and O–H groups in total. The molecule has 22 heavy (non-hydrogen) atoms. The first kappa shape index (κ1) is 18.2. The van der Waals surface area contributed by atoms with Crippen molar-refractivity contribution in [2.24, 2.45) is 17.0 Å². The molecule has 0 spiro atoms. The number of nitrogens with zero attached hydrogens (tertiary/aromatic N) is 3. The van der Waals surface area contributed by atoms with Crippen molar-refractivity contribution in [3.05, 3.63) is 10.4 Å². The highest BCUT2D eigenvalue weighted by Crippen LogP contribution is 2.33. The molecule has 0 aromatic carbocycles. The minimum atomic E-state index is -1.79. The van der Waals surface area contributed by atoms with Gasteiger partial charge in [-0.1, -0.05) is 32.8 Å². The van der Waals surface area contributed by atoms with E-state index in [0.29, 0.717) is 0 Å². The third kappa shape index (κ3) is 3.88. The number of hydrogen-bond acceptors (Lipinski definition) is 7. The van der Waals surface area contributed by atoms with Crippen LogP contribution in [0.3, 0.4) is 0 Å². The number of aliphatic hydroxyl groups is 1. The molecule has 0 bridgehead atoms. The zero-order chi connectivity index (χ0) is 16.9. The summed E-state index contributed by atoms with van der Waals surface area (Å²) in [5, 5.41) is 12.9. The molecule has 9 heteroatoms. The first-order chi connectivity index (χ1) is 10.3. The van der Waals surface area contributed by atoms with Gasteiger partial charge in [0.1, 0.15) is 0 Å². The van der Waals surface area contributed by atoms with Gasteiger partial charge in [0.2, 0.25) is 5.72 Å². The summed E-state index contributed by atoms with van der Waals surface area (Å²) in [5.41, 5.74) is 6.87. The largest absolute Gasteiger partial charge is 0.456 e. The van der Waals surface area contributed by atoms with Gasteiger partial charge < -0.3 is 19.3 Å². The molecule has 0 radical (unpaired) electrons. The molecule has 1 saturated heterocycles. The van der Waals surface area contributed by atoms with E-state index in [2.05, 4.69) is 10.0 Å². The molecule has 9 nitrogen and oxygen atoms in total. The van der Waals surface area contributed by atoms with Crippen LogP contribution in [0.4, 0.5) is 0 Å². The number of aliphatic hydroxyl groups excluding tert-OH is 1. The van der Waals surface area contributed by atoms with Crippen LogP contribution < -0.4 is 0 Å². The van der Waals surface area contributed by atoms with E-state index >= 15 is 0 Å². The van der Waals surface area contributed by atoms with Crippen LogP contribution in [-0.4, -0.2) is 48.2 Å². The minimum Gasteiger partial charge on any atom is -0.456 e. The van der Waals surface area contributed by atoms with E-state index in [1.807, 2.05) is 0 Å². The standard InChI is InChI=1S/C13H21N3O6/c1-7(2)11(18)21-9-5-20-13(6-17,15-16-14)10(9)22-12(19)8(3)4/h7-10,17H,5-6H2,1-4H3/t9-,10+,13-/m1/s1. The molecule has 0 aromatic rings. The molecule has 1 heterocycles. The molecule has 124 valence electrons. The van der Waals surface area contributed by atoms with Gasteiger partial charge in [0.15, 0.2) is 12.2 Å². The number of esters is 2. The van der Waals surface area contributed by atoms with Crippen molar-refractivity contribution in [3.63, 3.8) is 0 Å². The van der Waals surface area contributed by atoms with E-state index in [1.54, 1.807) is 27.7 Å². The number of azide groups is 1. The Bertz CT molecular complexity index is 474. The van der Waals surface area contributed by atoms with Crippen molar-refractivity contribution in [1.82, 2.24) is 0 Å². The van der Waals surface area contributed by atoms with E-state index in [1.165, 1.54) is 0 Å². The summed E-state index contributed by atoms with van der Waals surface area (Å²) in [6.07, 6.45) is -2.15. The van der Waals surface area contributed by atoms with Crippen molar-refractivity contribution >= 4 is 11.9 Å². The molecular weight excluding hydrogens is 294 g/mol. The summed E-state index contributed by atoms with van der Waals surface area (Å²) in [7, 11) is 0. The Morgan fingerprint density at radius 2 is 1.86 bits per heavy atom. The van der Waals surface area contributed by atoms with Gasteiger partial charge in [0, 0.05) is 4.91 Å². The van der Waals surface area contributed by atoms with Crippen LogP contribution in [0.25, 0.3) is 10.4 Å². The fraction of sp³-hybridized carbons (Fsp3) is 0.846. The van der Waals surface area contributed by atoms with Gasteiger partial charge in [-0.15, -0.1) is 0 Å². The minimum absolute atomic E-state index is 0.145. The van der Waals surface area contributed by atoms with Gasteiger partial charge in [0.25, 0.3) is 0 Å². The summed E-state index contributed by atoms with van der Waals surface area (Å²) in [5.74, 6) is -1.91. The van der Waals surface area contributed by atoms with Crippen LogP contribution in [0.2, 0.25) is 0 Å². The van der Waals surface area contributed by atoms with Gasteiger partial charge >= 0.3 is 11.9 Å². The Morgan fingerprint density at radius 1 is 1.32 bits per heavy atom. The van der Waals surface area contributed by atoms with E-state index in [0.717, 1.165) is 0 Å². The number of carbonyl (C=O) groups excluding carboxylic acids is 2. The van der Waals surface area contributed by atoms with E-state index < -0.39 is 42.4 Å². The van der Waals surface area contributed by atoms with Crippen molar-refractivity contribution in [2.45, 2.75) is 45.6 Å². The van der Waals surface area contributed by atoms with Crippen LogP contribution in [-0.2, 0) is 23.8 Å². The SMILES string of the molecule is CC(C)C(=O)O[C@@H]1CO[C@@](CO)(N=[N+]=[N-])[C@H]1OC(=O)C(C)C. The summed E-state index contributed by atoms with van der Waals surface area (Å²) in [4.78, 5) is 26.2. The van der Waals surface area contributed by atoms with Crippen molar-refractivity contribution in [3.8, 4) is 0 Å². The average molecular weight is 315 g/mol. The third-order valence-electron chi connectivity index (χ3n) is 3.17. The lowest BCUT2D eigenvalue weighted by molar-refractivity contribution is -0.177. The van der Waals surface area contributed by atoms with E-state index in [4.69, 9.17) is 19.7 Å². The number of ether oxygens (including phenoxy) is 3. The monoisotopic (exact) mass is 315 g/mol. The molecule has 1 aliphatic rings. The quantitative estimate of drug-likeness (QED) is 0.338. The van der Waals surface area contributed by atoms with Gasteiger partial charge in [-0.05, 0) is 5.53 Å². The Kier molecular flexibility index (Phi) is 6.16. The average Bonchev–Trinajstić information content (AvgIpc) is 2.78. The smallest absolute Gasteiger partial charge is 0.308 e. The van der Waals surface area contributed by atoms with Gasteiger partial charge in [0.05, 0.1) is 25.0 Å². The molecule has 0 unspecified atom stereocenters. The van der Waals surface area contributed by atoms with E-state index in [-0.39, 0.29) is 12.5 Å². The predicted molar refractivity (Wildman–Crippen MR) is 74.4 cm³/mol. The lowest BCUT2D eigenvalue weighted by atomic mass is 10.1. The second-order valence-corrected chi connectivity index (χ2v) is 5.65. The highest BCUT2D eigenvalue weighted by molar-refractivity contribution is 5.73. The molecule has 3 atom stereocenters. The molecule has 1 rings (SSSR count). The Hall–Kier alpha value is -1.83. The molecule has 1 aliphatic heterocycles. The molecular formula is C13H21N3O6. The zero-order valence-electron chi connectivity index (χ0n) is 13.1. The maximum absolute atomic E-state index is 11.8. The first-order valence-corrected chi connectivity index (χ1v) is 6.99. The van der Waals surface area contributed by atoms with Crippen molar-refractivity contribution in [2.75, 3.05) is 13.2 Å². The highest BCUT2D eigenvalue weighted by Gasteiger charge is 2.54. The van der Waals surface area contributed by atoms with Gasteiger partial charge in [-0.3, -0.25) is 9.59 Å². The topological polar surface area (TPSA) is 131 Å². The molecule has 1 fully saturated rings. The van der Waals surface area contributed by atoms with Crippen molar-refractivity contribution in [1.29, 1.82) is 0 Å². The predicted octanol–water partition coefficient (Wildman–Crippen LogP) is 1.15. The normalized spacial score (nSPS) is 27.6. The second-order valence-electron chi connectivity index (χ2n) is 5.65. The van der Waals surface area contributed by atoms with Gasteiger partial charge in [-0.25, -0.2) is 0 Å². The van der Waals surface area contributed by atoms with Gasteiger partial charge in [-0.2, -0.15) is 0 Å². The fourth-order valence-electron chi connectivity index (χ4n) is 1.83. The number of hydrogen-bond donors (Lipinski definition) is 1. The maximum atomic E-state index is 11.8. The first-order valence-electron chi connectivity index (χ1n) is 6.99. The zero-order valence-corrected chi connectivity index (χ0v) is 13.1. The molecule has 0 aromatic heterocycles. The third-order valence-corrected chi connectivity index (χ3v) is 3.17. The fourth-order valence-corrected chi connectivity index (χ4v) is 1.83. The maximum Gasteiger partial charge on any atom is 0.308 e. The van der Waals surface area contributed by atoms with Crippen molar-refractivity contribution < 1.29 is 28.9 Å². The van der Waals surface area contributed by atoms with E-state index in [9.17, 15) is 14.7 Å². The summed E-state index contributed by atoms with van der Waals surface area (Å²) < 4.78 is 15.8. The van der Waals surface area contributed by atoms with Crippen LogP contribution in [0, 0.1) is 11.8 Å². The summed E-state index contributed by atoms with van der Waals surface area (Å²) >= 11 is 0. The highest BCUT2D eigenvalue weighted by atomic mass is 16.6. The second kappa shape index (κ2) is 7.44. The van der Waals surface area contributed by atoms with Crippen LogP contribution in [0.15, 0.2) is 5.11 Å². The molecule has 0 saturated carbocycles. The van der Waals surface area contributed by atoms with Crippen LogP contribution >= 0.6 is 0 Å². The summed E-state index contributed by atoms with van der Waals surface area (Å²) in [6.45, 7) is 5.71. The van der Waals surface area contributed by atoms with Crippen LogP contribution in [0.5, 0.6) is 0 Å². The Balaban J connectivity index is 3.04. The molecule has 0 amide bonds. The lowest BCUT2D eigenvalue weighted by Crippen LogP contribution is -2.49. The Labute approximate surface area is 128 Å². The number of rotatable bonds is 6. The summed E-state index contributed by atoms with van der Waals surface area (Å²) in [6, 6.07) is 0. The number of carbonyl (C=O) groups is 2. The lowest BCUT2D eigenvalue weighted by Gasteiger charge is -2.29. The molecule has 0 aliphatic carbocycles. The van der Waals surface area contributed by atoms with Crippen LogP contribution in [0.1, 0.15) is 27.7 Å². The Morgan fingerprint density at radius 3 is 2.32 bits per heavy atom.